The second-order valence-corrected chi connectivity index (χ2v) is 8.53. The number of amides is 2. The molecule has 1 atom stereocenters. The first-order valence-electron chi connectivity index (χ1n) is 10.7. The zero-order valence-corrected chi connectivity index (χ0v) is 18.0. The van der Waals surface area contributed by atoms with Gasteiger partial charge in [0.25, 0.3) is 0 Å². The molecule has 0 bridgehead atoms. The first-order chi connectivity index (χ1) is 13.3. The maximum atomic E-state index is 12.8. The van der Waals surface area contributed by atoms with Crippen molar-refractivity contribution in [2.75, 3.05) is 11.9 Å². The molecule has 0 aromatic heterocycles. The van der Waals surface area contributed by atoms with Gasteiger partial charge in [0.05, 0.1) is 6.61 Å². The Morgan fingerprint density at radius 3 is 2.14 bits per heavy atom. The third kappa shape index (κ3) is 6.25. The molecule has 1 aliphatic rings. The topological polar surface area (TPSA) is 67.4 Å². The van der Waals surface area contributed by atoms with Crippen molar-refractivity contribution >= 4 is 17.5 Å². The molecule has 1 aromatic rings. The fourth-order valence-corrected chi connectivity index (χ4v) is 3.88. The van der Waals surface area contributed by atoms with Crippen LogP contribution in [-0.2, 0) is 9.59 Å². The van der Waals surface area contributed by atoms with E-state index in [1.165, 1.54) is 0 Å². The van der Waals surface area contributed by atoms with Gasteiger partial charge in [0.15, 0.2) is 0 Å². The highest BCUT2D eigenvalue weighted by Gasteiger charge is 2.31. The highest BCUT2D eigenvalue weighted by molar-refractivity contribution is 5.97. The summed E-state index contributed by atoms with van der Waals surface area (Å²) in [4.78, 5) is 25.5. The number of benzene rings is 1. The number of ether oxygens (including phenoxy) is 1. The number of rotatable bonds is 8. The van der Waals surface area contributed by atoms with E-state index >= 15 is 0 Å². The van der Waals surface area contributed by atoms with Gasteiger partial charge in [-0.15, -0.1) is 0 Å². The summed E-state index contributed by atoms with van der Waals surface area (Å²) < 4.78 is 5.42. The van der Waals surface area contributed by atoms with Gasteiger partial charge in [-0.1, -0.05) is 27.7 Å². The van der Waals surface area contributed by atoms with E-state index in [0.717, 1.165) is 31.4 Å². The van der Waals surface area contributed by atoms with Gasteiger partial charge in [0.1, 0.15) is 11.8 Å². The second-order valence-electron chi connectivity index (χ2n) is 8.53. The number of hydrogen-bond acceptors (Lipinski definition) is 3. The largest absolute Gasteiger partial charge is 0.494 e. The molecule has 0 spiro atoms. The molecule has 0 saturated heterocycles. The third-order valence-electron chi connectivity index (χ3n) is 5.77. The van der Waals surface area contributed by atoms with Gasteiger partial charge in [0, 0.05) is 11.6 Å². The van der Waals surface area contributed by atoms with E-state index in [0.29, 0.717) is 24.1 Å². The quantitative estimate of drug-likeness (QED) is 0.682. The zero-order valence-electron chi connectivity index (χ0n) is 18.0. The number of carbonyl (C=O) groups excluding carboxylic acids is 2. The molecule has 156 valence electrons. The maximum absolute atomic E-state index is 12.8. The van der Waals surface area contributed by atoms with E-state index in [-0.39, 0.29) is 23.7 Å². The van der Waals surface area contributed by atoms with Crippen LogP contribution in [0.3, 0.4) is 0 Å². The highest BCUT2D eigenvalue weighted by Crippen LogP contribution is 2.33. The normalized spacial score (nSPS) is 20.7. The molecule has 1 aliphatic carbocycles. The monoisotopic (exact) mass is 388 g/mol. The van der Waals surface area contributed by atoms with E-state index in [1.54, 1.807) is 0 Å². The number of anilines is 1. The fraction of sp³-hybridized carbons (Fsp3) is 0.652. The molecule has 2 N–H and O–H groups in total. The Morgan fingerprint density at radius 2 is 1.64 bits per heavy atom. The summed E-state index contributed by atoms with van der Waals surface area (Å²) in [7, 11) is 0. The van der Waals surface area contributed by atoms with E-state index in [9.17, 15) is 9.59 Å². The van der Waals surface area contributed by atoms with Crippen LogP contribution in [0.15, 0.2) is 24.3 Å². The second kappa shape index (κ2) is 10.5. The molecule has 2 rings (SSSR count). The minimum absolute atomic E-state index is 0.0126. The summed E-state index contributed by atoms with van der Waals surface area (Å²) in [6.45, 7) is 11.0. The summed E-state index contributed by atoms with van der Waals surface area (Å²) in [5.74, 6) is 2.03. The average molecular weight is 389 g/mol. The summed E-state index contributed by atoms with van der Waals surface area (Å²) >= 11 is 0. The lowest BCUT2D eigenvalue weighted by Gasteiger charge is -2.31. The van der Waals surface area contributed by atoms with E-state index in [4.69, 9.17) is 4.74 Å². The molecule has 2 amide bonds. The Balaban J connectivity index is 1.93. The van der Waals surface area contributed by atoms with Crippen molar-refractivity contribution in [3.63, 3.8) is 0 Å². The third-order valence-corrected chi connectivity index (χ3v) is 5.77. The van der Waals surface area contributed by atoms with Gasteiger partial charge in [-0.2, -0.15) is 0 Å². The summed E-state index contributed by atoms with van der Waals surface area (Å²) in [6, 6.07) is 6.75. The average Bonchev–Trinajstić information content (AvgIpc) is 2.67. The molecule has 0 aliphatic heterocycles. The van der Waals surface area contributed by atoms with Gasteiger partial charge in [-0.25, -0.2) is 0 Å². The number of hydrogen-bond donors (Lipinski definition) is 2. The van der Waals surface area contributed by atoms with E-state index < -0.39 is 6.04 Å². The van der Waals surface area contributed by atoms with Crippen molar-refractivity contribution < 1.29 is 14.3 Å². The van der Waals surface area contributed by atoms with Gasteiger partial charge in [-0.05, 0) is 74.6 Å². The van der Waals surface area contributed by atoms with Crippen LogP contribution in [0, 0.1) is 23.7 Å². The number of nitrogens with one attached hydrogen (secondary N) is 2. The zero-order chi connectivity index (χ0) is 20.7. The van der Waals surface area contributed by atoms with Crippen molar-refractivity contribution in [1.29, 1.82) is 0 Å². The molecule has 1 aromatic carbocycles. The fourth-order valence-electron chi connectivity index (χ4n) is 3.88. The Kier molecular flexibility index (Phi) is 8.34. The Bertz CT molecular complexity index is 632. The van der Waals surface area contributed by atoms with Crippen LogP contribution in [0.5, 0.6) is 5.75 Å². The summed E-state index contributed by atoms with van der Waals surface area (Å²) in [6.07, 6.45) is 4.03. The van der Waals surface area contributed by atoms with Crippen LogP contribution in [0.2, 0.25) is 0 Å². The minimum atomic E-state index is -0.540. The lowest BCUT2D eigenvalue weighted by atomic mass is 9.76. The van der Waals surface area contributed by atoms with Gasteiger partial charge in [-0.3, -0.25) is 9.59 Å². The van der Waals surface area contributed by atoms with Crippen LogP contribution in [0.25, 0.3) is 0 Å². The van der Waals surface area contributed by atoms with Crippen LogP contribution in [0.1, 0.15) is 60.3 Å². The predicted molar refractivity (Wildman–Crippen MR) is 113 cm³/mol. The van der Waals surface area contributed by atoms with Crippen LogP contribution < -0.4 is 15.4 Å². The Morgan fingerprint density at radius 1 is 1.04 bits per heavy atom. The van der Waals surface area contributed by atoms with Crippen LogP contribution >= 0.6 is 0 Å². The molecule has 1 saturated carbocycles. The number of carbonyl (C=O) groups is 2. The maximum Gasteiger partial charge on any atom is 0.247 e. The standard InChI is InChI=1S/C23H36N2O3/c1-6-28-20-13-11-19(12-14-20)24-23(27)21(16(4)5)25-22(26)18-9-7-17(8-10-18)15(2)3/h11-18,21H,6-10H2,1-5H3,(H,24,27)(H,25,26)/t17?,18?,21-/m1/s1. The van der Waals surface area contributed by atoms with Gasteiger partial charge >= 0.3 is 0 Å². The highest BCUT2D eigenvalue weighted by atomic mass is 16.5. The minimum Gasteiger partial charge on any atom is -0.494 e. The van der Waals surface area contributed by atoms with Crippen LogP contribution in [-0.4, -0.2) is 24.5 Å². The smallest absolute Gasteiger partial charge is 0.247 e. The molecule has 0 unspecified atom stereocenters. The molecular weight excluding hydrogens is 352 g/mol. The van der Waals surface area contributed by atoms with Crippen molar-refractivity contribution in [1.82, 2.24) is 5.32 Å². The molecule has 0 radical (unpaired) electrons. The van der Waals surface area contributed by atoms with Gasteiger partial charge in [0.2, 0.25) is 11.8 Å². The van der Waals surface area contributed by atoms with E-state index in [1.807, 2.05) is 45.0 Å². The van der Waals surface area contributed by atoms with Crippen molar-refractivity contribution in [2.24, 2.45) is 23.7 Å². The van der Waals surface area contributed by atoms with Crippen molar-refractivity contribution in [3.05, 3.63) is 24.3 Å². The Hall–Kier alpha value is -2.04. The van der Waals surface area contributed by atoms with Crippen molar-refractivity contribution in [3.8, 4) is 5.75 Å². The first-order valence-corrected chi connectivity index (χ1v) is 10.7. The Labute approximate surface area is 169 Å². The lowest BCUT2D eigenvalue weighted by Crippen LogP contribution is -2.49. The summed E-state index contributed by atoms with van der Waals surface area (Å²) in [5, 5.41) is 5.92. The molecule has 0 heterocycles. The molecule has 5 heteroatoms. The molecule has 1 fully saturated rings. The van der Waals surface area contributed by atoms with E-state index in [2.05, 4.69) is 24.5 Å². The van der Waals surface area contributed by atoms with Crippen LogP contribution in [0.4, 0.5) is 5.69 Å². The predicted octanol–water partition coefficient (Wildman–Crippen LogP) is 4.63. The van der Waals surface area contributed by atoms with Crippen molar-refractivity contribution in [2.45, 2.75) is 66.3 Å². The van der Waals surface area contributed by atoms with Gasteiger partial charge < -0.3 is 15.4 Å². The lowest BCUT2D eigenvalue weighted by molar-refractivity contribution is -0.131. The summed E-state index contributed by atoms with van der Waals surface area (Å²) in [5.41, 5.74) is 0.700. The molecule has 28 heavy (non-hydrogen) atoms. The molecule has 5 nitrogen and oxygen atoms in total. The first kappa shape index (κ1) is 22.3. The molecular formula is C23H36N2O3. The SMILES string of the molecule is CCOc1ccc(NC(=O)[C@H](NC(=O)C2CCC(C(C)C)CC2)C(C)C)cc1.